The van der Waals surface area contributed by atoms with Gasteiger partial charge in [-0.2, -0.15) is 0 Å². The second-order valence-corrected chi connectivity index (χ2v) is 10.4. The van der Waals surface area contributed by atoms with Crippen LogP contribution in [0.2, 0.25) is 0 Å². The van der Waals surface area contributed by atoms with Gasteiger partial charge in [-0.25, -0.2) is 8.78 Å². The Morgan fingerprint density at radius 3 is 2.63 bits per heavy atom. The van der Waals surface area contributed by atoms with Crippen LogP contribution >= 0.6 is 0 Å². The lowest BCUT2D eigenvalue weighted by molar-refractivity contribution is -0.137. The number of hydrogen-bond donors (Lipinski definition) is 1. The molecule has 1 aliphatic heterocycles. The van der Waals surface area contributed by atoms with Crippen molar-refractivity contribution in [3.05, 3.63) is 77.5 Å². The summed E-state index contributed by atoms with van der Waals surface area (Å²) in [6.07, 6.45) is 3.85. The summed E-state index contributed by atoms with van der Waals surface area (Å²) in [5, 5.41) is 6.78. The highest BCUT2D eigenvalue weighted by Crippen LogP contribution is 2.32. The van der Waals surface area contributed by atoms with E-state index in [9.17, 15) is 18.4 Å². The number of carbonyl (C=O) groups is 2. The Bertz CT molecular complexity index is 1280. The van der Waals surface area contributed by atoms with E-state index in [1.165, 1.54) is 25.0 Å². The molecule has 2 aromatic carbocycles. The van der Waals surface area contributed by atoms with Crippen LogP contribution in [-0.2, 0) is 11.2 Å². The van der Waals surface area contributed by atoms with Gasteiger partial charge in [0, 0.05) is 51.4 Å². The fraction of sp³-hybridized carbons (Fsp3) is 0.414. The fourth-order valence-corrected chi connectivity index (χ4v) is 5.05. The highest BCUT2D eigenvalue weighted by atomic mass is 19.1. The van der Waals surface area contributed by atoms with Crippen molar-refractivity contribution in [2.24, 2.45) is 11.8 Å². The predicted molar refractivity (Wildman–Crippen MR) is 138 cm³/mol. The van der Waals surface area contributed by atoms with Crippen LogP contribution in [0.5, 0.6) is 0 Å². The molecule has 0 unspecified atom stereocenters. The minimum atomic E-state index is -0.805. The maximum atomic E-state index is 14.2. The van der Waals surface area contributed by atoms with Gasteiger partial charge in [-0.15, -0.1) is 0 Å². The summed E-state index contributed by atoms with van der Waals surface area (Å²) in [6.45, 7) is 2.94. The topological polar surface area (TPSA) is 78.7 Å². The Hall–Kier alpha value is -3.59. The zero-order chi connectivity index (χ0) is 26.6. The SMILES string of the molecule is CN(CCc1ccccc1)C(=O)[C@H]1CN(CC2CC2)CC[C@@H]1NC(=O)c1cc(-c2ccc(F)cc2F)on1. The van der Waals surface area contributed by atoms with Crippen molar-refractivity contribution < 1.29 is 22.9 Å². The van der Waals surface area contributed by atoms with E-state index < -0.39 is 23.5 Å². The molecule has 1 aromatic heterocycles. The van der Waals surface area contributed by atoms with Crippen molar-refractivity contribution in [3.63, 3.8) is 0 Å². The highest BCUT2D eigenvalue weighted by molar-refractivity contribution is 5.94. The second kappa shape index (κ2) is 11.4. The molecule has 2 atom stereocenters. The third-order valence-corrected chi connectivity index (χ3v) is 7.44. The monoisotopic (exact) mass is 522 g/mol. The standard InChI is InChI=1S/C29H32F2N4O3/c1-34(13-11-19-5-3-2-4-6-19)29(37)23-18-35(17-20-7-8-20)14-12-25(23)32-28(36)26-16-27(38-33-26)22-10-9-21(30)15-24(22)31/h2-6,9-10,15-16,20,23,25H,7-8,11-14,17-18H2,1H3,(H,32,36)/t23-,25-/m0/s1. The molecule has 1 saturated heterocycles. The van der Waals surface area contributed by atoms with E-state index >= 15 is 0 Å². The molecule has 7 nitrogen and oxygen atoms in total. The first-order valence-corrected chi connectivity index (χ1v) is 13.1. The molecular weight excluding hydrogens is 490 g/mol. The number of benzene rings is 2. The van der Waals surface area contributed by atoms with Gasteiger partial charge in [0.1, 0.15) is 11.6 Å². The summed E-state index contributed by atoms with van der Waals surface area (Å²) >= 11 is 0. The molecule has 3 aromatic rings. The van der Waals surface area contributed by atoms with E-state index in [1.54, 1.807) is 4.90 Å². The number of hydrogen-bond acceptors (Lipinski definition) is 5. The van der Waals surface area contributed by atoms with Crippen LogP contribution in [0.15, 0.2) is 59.1 Å². The third-order valence-electron chi connectivity index (χ3n) is 7.44. The predicted octanol–water partition coefficient (Wildman–Crippen LogP) is 4.15. The Balaban J connectivity index is 1.27. The van der Waals surface area contributed by atoms with Crippen LogP contribution in [0.25, 0.3) is 11.3 Å². The number of piperidine rings is 1. The van der Waals surface area contributed by atoms with Gasteiger partial charge < -0.3 is 19.6 Å². The lowest BCUT2D eigenvalue weighted by Crippen LogP contribution is -2.56. The first-order valence-electron chi connectivity index (χ1n) is 13.1. The van der Waals surface area contributed by atoms with E-state index in [0.29, 0.717) is 25.4 Å². The Morgan fingerprint density at radius 2 is 1.89 bits per heavy atom. The first kappa shape index (κ1) is 26.0. The molecule has 1 aliphatic carbocycles. The van der Waals surface area contributed by atoms with Gasteiger partial charge in [-0.1, -0.05) is 35.5 Å². The van der Waals surface area contributed by atoms with Crippen molar-refractivity contribution >= 4 is 11.8 Å². The Morgan fingerprint density at radius 1 is 1.11 bits per heavy atom. The summed E-state index contributed by atoms with van der Waals surface area (Å²) in [6, 6.07) is 14.1. The molecule has 5 rings (SSSR count). The normalized spacial score (nSPS) is 19.8. The molecule has 9 heteroatoms. The number of halogens is 2. The molecule has 1 saturated carbocycles. The highest BCUT2D eigenvalue weighted by Gasteiger charge is 2.38. The van der Waals surface area contributed by atoms with Crippen LogP contribution in [0, 0.1) is 23.5 Å². The lowest BCUT2D eigenvalue weighted by atomic mass is 9.90. The van der Waals surface area contributed by atoms with Crippen molar-refractivity contribution in [1.29, 1.82) is 0 Å². The van der Waals surface area contributed by atoms with Crippen LogP contribution in [0.1, 0.15) is 35.3 Å². The zero-order valence-electron chi connectivity index (χ0n) is 21.4. The molecule has 2 fully saturated rings. The molecule has 0 bridgehead atoms. The van der Waals surface area contributed by atoms with Gasteiger partial charge in [0.15, 0.2) is 11.5 Å². The van der Waals surface area contributed by atoms with Gasteiger partial charge in [0.05, 0.1) is 11.5 Å². The van der Waals surface area contributed by atoms with E-state index in [2.05, 4.69) is 15.4 Å². The van der Waals surface area contributed by atoms with Gasteiger partial charge in [0.25, 0.3) is 5.91 Å². The van der Waals surface area contributed by atoms with E-state index in [-0.39, 0.29) is 29.0 Å². The minimum Gasteiger partial charge on any atom is -0.355 e. The van der Waals surface area contributed by atoms with Crippen LogP contribution in [0.3, 0.4) is 0 Å². The Kier molecular flexibility index (Phi) is 7.83. The summed E-state index contributed by atoms with van der Waals surface area (Å²) in [7, 11) is 1.81. The minimum absolute atomic E-state index is 0.000883. The van der Waals surface area contributed by atoms with Crippen LogP contribution in [0.4, 0.5) is 8.78 Å². The van der Waals surface area contributed by atoms with Gasteiger partial charge >= 0.3 is 0 Å². The number of carbonyl (C=O) groups excluding carboxylic acids is 2. The van der Waals surface area contributed by atoms with Crippen molar-refractivity contribution in [2.45, 2.75) is 31.7 Å². The van der Waals surface area contributed by atoms with Gasteiger partial charge in [0.2, 0.25) is 5.91 Å². The molecule has 2 aliphatic rings. The smallest absolute Gasteiger partial charge is 0.273 e. The number of likely N-dealkylation sites (tertiary alicyclic amines) is 1. The second-order valence-electron chi connectivity index (χ2n) is 10.4. The molecule has 2 amide bonds. The molecule has 200 valence electrons. The molecule has 2 heterocycles. The summed E-state index contributed by atoms with van der Waals surface area (Å²) < 4.78 is 32.6. The Labute approximate surface area is 220 Å². The van der Waals surface area contributed by atoms with E-state index in [1.807, 2.05) is 37.4 Å². The number of aromatic nitrogens is 1. The largest absolute Gasteiger partial charge is 0.355 e. The van der Waals surface area contributed by atoms with Gasteiger partial charge in [-0.05, 0) is 49.3 Å². The number of rotatable bonds is 9. The maximum absolute atomic E-state index is 14.2. The average molecular weight is 523 g/mol. The summed E-state index contributed by atoms with van der Waals surface area (Å²) in [5.74, 6) is -1.67. The van der Waals surface area contributed by atoms with Crippen LogP contribution in [-0.4, -0.2) is 66.0 Å². The molecule has 38 heavy (non-hydrogen) atoms. The molecule has 1 N–H and O–H groups in total. The van der Waals surface area contributed by atoms with Crippen molar-refractivity contribution in [1.82, 2.24) is 20.3 Å². The average Bonchev–Trinajstić information content (AvgIpc) is 3.60. The number of nitrogens with one attached hydrogen (secondary N) is 1. The van der Waals surface area contributed by atoms with Crippen molar-refractivity contribution in [2.75, 3.05) is 33.2 Å². The third kappa shape index (κ3) is 6.27. The quantitative estimate of drug-likeness (QED) is 0.457. The number of nitrogens with zero attached hydrogens (tertiary/aromatic N) is 3. The summed E-state index contributed by atoms with van der Waals surface area (Å²) in [4.78, 5) is 30.8. The van der Waals surface area contributed by atoms with E-state index in [4.69, 9.17) is 4.52 Å². The van der Waals surface area contributed by atoms with Crippen molar-refractivity contribution in [3.8, 4) is 11.3 Å². The molecular formula is C29H32F2N4O3. The lowest BCUT2D eigenvalue weighted by Gasteiger charge is -2.39. The number of amides is 2. The first-order chi connectivity index (χ1) is 18.4. The van der Waals surface area contributed by atoms with E-state index in [0.717, 1.165) is 37.2 Å². The van der Waals surface area contributed by atoms with Crippen LogP contribution < -0.4 is 5.32 Å². The number of likely N-dealkylation sites (N-methyl/N-ethyl adjacent to an activating group) is 1. The van der Waals surface area contributed by atoms with Gasteiger partial charge in [-0.3, -0.25) is 9.59 Å². The zero-order valence-corrected chi connectivity index (χ0v) is 21.4. The summed E-state index contributed by atoms with van der Waals surface area (Å²) in [5.41, 5.74) is 1.16. The maximum Gasteiger partial charge on any atom is 0.273 e. The molecule has 0 radical (unpaired) electrons. The molecule has 0 spiro atoms. The fourth-order valence-electron chi connectivity index (χ4n) is 5.05.